The molecule has 0 radical (unpaired) electrons. The fourth-order valence-corrected chi connectivity index (χ4v) is 4.81. The number of nitrogens with zero attached hydrogens (tertiary/aromatic N) is 1. The summed E-state index contributed by atoms with van der Waals surface area (Å²) in [6.45, 7) is 6.21. The molecule has 2 aromatic carbocycles. The number of hydrogen-bond acceptors (Lipinski definition) is 5. The highest BCUT2D eigenvalue weighted by atomic mass is 16.5. The number of allylic oxidation sites excluding steroid dienone is 2. The quantitative estimate of drug-likeness (QED) is 0.622. The van der Waals surface area contributed by atoms with Crippen LogP contribution in [0.15, 0.2) is 54.1 Å². The molecule has 0 bridgehead atoms. The van der Waals surface area contributed by atoms with Gasteiger partial charge in [-0.25, -0.2) is 0 Å². The van der Waals surface area contributed by atoms with Gasteiger partial charge in [0.15, 0.2) is 11.7 Å². The number of carbonyl (C=O) groups excluding carboxylic acids is 1. The van der Waals surface area contributed by atoms with Gasteiger partial charge in [-0.15, -0.1) is 0 Å². The maximum absolute atomic E-state index is 13.3. The van der Waals surface area contributed by atoms with Crippen LogP contribution in [0.4, 0.5) is 5.69 Å². The number of anilines is 1. The molecule has 34 heavy (non-hydrogen) atoms. The van der Waals surface area contributed by atoms with E-state index in [1.54, 1.807) is 38.4 Å². The second-order valence-corrected chi connectivity index (χ2v) is 9.45. The largest absolute Gasteiger partial charge is 0.497 e. The fourth-order valence-electron chi connectivity index (χ4n) is 4.81. The molecule has 0 unspecified atom stereocenters. The van der Waals surface area contributed by atoms with Gasteiger partial charge in [0.2, 0.25) is 0 Å². The summed E-state index contributed by atoms with van der Waals surface area (Å²) in [6, 6.07) is 10.8. The number of likely N-dealkylation sites (N-methyl/N-ethyl adjacent to an activating group) is 1. The number of benzene rings is 2. The van der Waals surface area contributed by atoms with Crippen LogP contribution in [-0.4, -0.2) is 44.0 Å². The molecule has 0 spiro atoms. The molecule has 6 heteroatoms. The molecule has 0 saturated carbocycles. The van der Waals surface area contributed by atoms with Crippen molar-refractivity contribution in [1.29, 1.82) is 0 Å². The number of carbonyl (C=O) groups is 1. The number of amides is 1. The Balaban J connectivity index is 1.90. The first-order valence-corrected chi connectivity index (χ1v) is 11.5. The third-order valence-electron chi connectivity index (χ3n) is 6.75. The van der Waals surface area contributed by atoms with Crippen molar-refractivity contribution < 1.29 is 24.1 Å². The van der Waals surface area contributed by atoms with Gasteiger partial charge in [-0.1, -0.05) is 29.9 Å². The summed E-state index contributed by atoms with van der Waals surface area (Å²) >= 11 is 0. The molecule has 0 aliphatic carbocycles. The van der Waals surface area contributed by atoms with Crippen molar-refractivity contribution >= 4 is 17.7 Å². The Bertz CT molecular complexity index is 1150. The van der Waals surface area contributed by atoms with Crippen LogP contribution in [-0.2, 0) is 15.1 Å². The predicted octanol–water partition coefficient (Wildman–Crippen LogP) is 4.83. The minimum atomic E-state index is -1.75. The topological polar surface area (TPSA) is 68.2 Å². The van der Waals surface area contributed by atoms with Crippen molar-refractivity contribution in [3.8, 4) is 11.5 Å². The molecule has 4 rings (SSSR count). The van der Waals surface area contributed by atoms with E-state index in [1.807, 2.05) is 25.1 Å². The third kappa shape index (κ3) is 3.91. The molecule has 2 aromatic rings. The van der Waals surface area contributed by atoms with Crippen molar-refractivity contribution in [3.05, 3.63) is 70.8 Å². The average molecular weight is 464 g/mol. The predicted molar refractivity (Wildman–Crippen MR) is 133 cm³/mol. The molecule has 0 aromatic heterocycles. The van der Waals surface area contributed by atoms with Gasteiger partial charge in [-0.05, 0) is 69.5 Å². The smallest absolute Gasteiger partial charge is 0.259 e. The summed E-state index contributed by atoms with van der Waals surface area (Å²) in [4.78, 5) is 14.8. The van der Waals surface area contributed by atoms with Gasteiger partial charge >= 0.3 is 0 Å². The molecule has 3 atom stereocenters. The van der Waals surface area contributed by atoms with Crippen molar-refractivity contribution in [2.75, 3.05) is 26.2 Å². The van der Waals surface area contributed by atoms with E-state index >= 15 is 0 Å². The first kappa shape index (κ1) is 24.0. The Kier molecular flexibility index (Phi) is 6.32. The minimum Gasteiger partial charge on any atom is -0.497 e. The maximum atomic E-state index is 13.3. The summed E-state index contributed by atoms with van der Waals surface area (Å²) in [7, 11) is 4.72. The number of aliphatic hydroxyl groups is 1. The number of rotatable bonds is 6. The molecule has 180 valence electrons. The van der Waals surface area contributed by atoms with Crippen LogP contribution in [0.2, 0.25) is 0 Å². The van der Waals surface area contributed by atoms with Gasteiger partial charge in [0.1, 0.15) is 17.1 Å². The van der Waals surface area contributed by atoms with Crippen molar-refractivity contribution in [3.63, 3.8) is 0 Å². The number of methoxy groups -OCH3 is 2. The molecule has 2 heterocycles. The summed E-state index contributed by atoms with van der Waals surface area (Å²) in [6.07, 6.45) is 6.81. The van der Waals surface area contributed by atoms with Crippen LogP contribution < -0.4 is 14.4 Å². The van der Waals surface area contributed by atoms with Crippen LogP contribution in [0.1, 0.15) is 50.3 Å². The number of fused-ring (bicyclic) bond motifs is 3. The molecule has 2 aliphatic heterocycles. The van der Waals surface area contributed by atoms with Gasteiger partial charge in [-0.2, -0.15) is 0 Å². The Morgan fingerprint density at radius 3 is 2.50 bits per heavy atom. The second kappa shape index (κ2) is 8.93. The number of hydrogen-bond donors (Lipinski definition) is 1. The highest BCUT2D eigenvalue weighted by Crippen LogP contribution is 2.52. The first-order chi connectivity index (χ1) is 16.1. The third-order valence-corrected chi connectivity index (χ3v) is 6.75. The van der Waals surface area contributed by atoms with E-state index in [-0.39, 0.29) is 5.91 Å². The lowest BCUT2D eigenvalue weighted by molar-refractivity contribution is -0.145. The van der Waals surface area contributed by atoms with Crippen LogP contribution in [0.3, 0.4) is 0 Å². The minimum absolute atomic E-state index is 0.328. The summed E-state index contributed by atoms with van der Waals surface area (Å²) in [5, 5.41) is 12.4. The standard InChI is InChI=1S/C28H33NO5/c1-18(2)8-7-16-27(3)17-15-19-9-14-22-23(24(19)34-27)28(31,25(33-6)26(30)29(22)4)20-10-12-21(32-5)13-11-20/h8-15,17,25,31H,7,16H2,1-6H3/t25-,27-,28+/m1/s1. The normalized spacial score (nSPS) is 25.3. The highest BCUT2D eigenvalue weighted by Gasteiger charge is 2.54. The molecule has 2 aliphatic rings. The highest BCUT2D eigenvalue weighted by molar-refractivity contribution is 6.02. The van der Waals surface area contributed by atoms with Crippen molar-refractivity contribution in [1.82, 2.24) is 0 Å². The van der Waals surface area contributed by atoms with E-state index in [0.29, 0.717) is 28.3 Å². The van der Waals surface area contributed by atoms with Gasteiger partial charge < -0.3 is 24.2 Å². The fraction of sp³-hybridized carbons (Fsp3) is 0.393. The summed E-state index contributed by atoms with van der Waals surface area (Å²) < 4.78 is 17.6. The van der Waals surface area contributed by atoms with E-state index in [0.717, 1.165) is 18.4 Å². The molecular weight excluding hydrogens is 430 g/mol. The zero-order valence-corrected chi connectivity index (χ0v) is 20.7. The van der Waals surface area contributed by atoms with E-state index in [4.69, 9.17) is 14.2 Å². The lowest BCUT2D eigenvalue weighted by Crippen LogP contribution is -2.56. The van der Waals surface area contributed by atoms with E-state index < -0.39 is 17.3 Å². The molecule has 1 amide bonds. The molecule has 0 fully saturated rings. The molecule has 1 N–H and O–H groups in total. The Labute approximate surface area is 201 Å². The Hall–Kier alpha value is -3.09. The van der Waals surface area contributed by atoms with Crippen LogP contribution in [0.25, 0.3) is 6.08 Å². The second-order valence-electron chi connectivity index (χ2n) is 9.45. The van der Waals surface area contributed by atoms with Gasteiger partial charge in [-0.3, -0.25) is 4.79 Å². The van der Waals surface area contributed by atoms with Crippen LogP contribution in [0, 0.1) is 0 Å². The zero-order valence-electron chi connectivity index (χ0n) is 20.7. The maximum Gasteiger partial charge on any atom is 0.259 e. The summed E-state index contributed by atoms with van der Waals surface area (Å²) in [5.74, 6) is 0.896. The van der Waals surface area contributed by atoms with Crippen molar-refractivity contribution in [2.24, 2.45) is 0 Å². The lowest BCUT2D eigenvalue weighted by Gasteiger charge is -2.45. The zero-order chi connectivity index (χ0) is 24.7. The molecule has 6 nitrogen and oxygen atoms in total. The van der Waals surface area contributed by atoms with E-state index in [9.17, 15) is 9.90 Å². The van der Waals surface area contributed by atoms with Crippen molar-refractivity contribution in [2.45, 2.75) is 50.9 Å². The first-order valence-electron chi connectivity index (χ1n) is 11.5. The van der Waals surface area contributed by atoms with E-state index in [1.165, 1.54) is 17.6 Å². The molecule has 0 saturated heterocycles. The Morgan fingerprint density at radius 2 is 1.88 bits per heavy atom. The monoisotopic (exact) mass is 463 g/mol. The Morgan fingerprint density at radius 1 is 1.18 bits per heavy atom. The van der Waals surface area contributed by atoms with Gasteiger partial charge in [0.25, 0.3) is 5.91 Å². The van der Waals surface area contributed by atoms with Crippen LogP contribution in [0.5, 0.6) is 11.5 Å². The summed E-state index contributed by atoms with van der Waals surface area (Å²) in [5.41, 5.74) is 1.45. The van der Waals surface area contributed by atoms with E-state index in [2.05, 4.69) is 26.0 Å². The number of ether oxygens (including phenoxy) is 3. The average Bonchev–Trinajstić information content (AvgIpc) is 2.82. The van der Waals surface area contributed by atoms with Crippen LogP contribution >= 0.6 is 0 Å². The van der Waals surface area contributed by atoms with Gasteiger partial charge in [0.05, 0.1) is 18.4 Å². The lowest BCUT2D eigenvalue weighted by atomic mass is 9.75. The SMILES string of the molecule is COc1ccc([C@]2(O)c3c(ccc4c3O[C@](C)(CCC=C(C)C)C=C4)N(C)C(=O)[C@H]2OC)cc1. The molecular formula is C28H33NO5. The van der Waals surface area contributed by atoms with Gasteiger partial charge in [0, 0.05) is 19.7 Å².